The fourth-order valence-electron chi connectivity index (χ4n) is 3.64. The monoisotopic (exact) mass is 577 g/mol. The van der Waals surface area contributed by atoms with E-state index in [-0.39, 0.29) is 36.7 Å². The summed E-state index contributed by atoms with van der Waals surface area (Å²) < 4.78 is 42.9. The topological polar surface area (TPSA) is 132 Å². The Hall–Kier alpha value is -4.17. The number of benzene rings is 2. The van der Waals surface area contributed by atoms with E-state index in [0.717, 1.165) is 23.0 Å². The Bertz CT molecular complexity index is 1310. The van der Waals surface area contributed by atoms with Crippen molar-refractivity contribution in [3.63, 3.8) is 0 Å². The SMILES string of the molecule is COC(=O)CCC[C@@H](COC(=O)Nc1nnc(-c2ccc(OC)cc2)s1)N(NCc1cccc(F)c1F)C(C)=O. The molecular formula is C26H29F2N5O6S. The summed E-state index contributed by atoms with van der Waals surface area (Å²) >= 11 is 1.13. The predicted molar refractivity (Wildman–Crippen MR) is 142 cm³/mol. The van der Waals surface area contributed by atoms with Crippen LogP contribution in [0.3, 0.4) is 0 Å². The molecule has 1 aromatic heterocycles. The number of carbonyl (C=O) groups is 3. The highest BCUT2D eigenvalue weighted by atomic mass is 32.1. The first-order chi connectivity index (χ1) is 19.2. The number of methoxy groups -OCH3 is 2. The second kappa shape index (κ2) is 14.8. The van der Waals surface area contributed by atoms with Crippen LogP contribution in [0.5, 0.6) is 5.75 Å². The summed E-state index contributed by atoms with van der Waals surface area (Å²) in [5.41, 5.74) is 3.56. The number of carbonyl (C=O) groups excluding carboxylic acids is 3. The van der Waals surface area contributed by atoms with Crippen molar-refractivity contribution in [1.82, 2.24) is 20.6 Å². The van der Waals surface area contributed by atoms with Crippen molar-refractivity contribution in [1.29, 1.82) is 0 Å². The van der Waals surface area contributed by atoms with E-state index in [1.165, 1.54) is 31.2 Å². The molecule has 2 aromatic carbocycles. The Kier molecular flexibility index (Phi) is 11.3. The number of esters is 1. The first-order valence-corrected chi connectivity index (χ1v) is 13.0. The van der Waals surface area contributed by atoms with Gasteiger partial charge in [-0.2, -0.15) is 0 Å². The number of anilines is 1. The summed E-state index contributed by atoms with van der Waals surface area (Å²) in [7, 11) is 2.82. The normalized spacial score (nSPS) is 11.4. The van der Waals surface area contributed by atoms with Crippen LogP contribution in [-0.2, 0) is 25.6 Å². The minimum absolute atomic E-state index is 0.00200. The van der Waals surface area contributed by atoms with Gasteiger partial charge < -0.3 is 14.2 Å². The summed E-state index contributed by atoms with van der Waals surface area (Å²) in [6, 6.07) is 10.1. The maximum atomic E-state index is 14.1. The maximum Gasteiger partial charge on any atom is 0.413 e. The number of hydrogen-bond donors (Lipinski definition) is 2. The lowest BCUT2D eigenvalue weighted by Gasteiger charge is -2.31. The van der Waals surface area contributed by atoms with Crippen LogP contribution in [0.2, 0.25) is 0 Å². The Balaban J connectivity index is 1.64. The molecule has 0 aliphatic carbocycles. The molecule has 0 bridgehead atoms. The molecule has 2 amide bonds. The summed E-state index contributed by atoms with van der Waals surface area (Å²) in [4.78, 5) is 36.6. The largest absolute Gasteiger partial charge is 0.497 e. The molecule has 2 N–H and O–H groups in total. The van der Waals surface area contributed by atoms with Gasteiger partial charge in [0.25, 0.3) is 0 Å². The molecular weight excluding hydrogens is 548 g/mol. The van der Waals surface area contributed by atoms with Crippen LogP contribution < -0.4 is 15.5 Å². The standard InChI is InChI=1S/C26H29F2N5O6S/c1-16(34)33(29-14-18-6-4-8-21(27)23(18)28)19(7-5-9-22(35)38-3)15-39-26(36)30-25-32-31-24(40-25)17-10-12-20(37-2)13-11-17/h4,6,8,10-13,19,29H,5,7,9,14-15H2,1-3H3,(H,30,32,36)/t19-/m0/s1. The van der Waals surface area contributed by atoms with Crippen molar-refractivity contribution in [2.24, 2.45) is 0 Å². The third kappa shape index (κ3) is 8.68. The lowest BCUT2D eigenvalue weighted by atomic mass is 10.1. The number of ether oxygens (including phenoxy) is 3. The Labute approximate surface area is 233 Å². The van der Waals surface area contributed by atoms with Crippen molar-refractivity contribution >= 4 is 34.4 Å². The molecule has 3 rings (SSSR count). The van der Waals surface area contributed by atoms with E-state index in [2.05, 4.69) is 25.7 Å². The molecule has 0 radical (unpaired) electrons. The number of nitrogens with one attached hydrogen (secondary N) is 2. The Morgan fingerprint density at radius 3 is 2.50 bits per heavy atom. The molecule has 0 aliphatic rings. The Morgan fingerprint density at radius 1 is 1.07 bits per heavy atom. The zero-order valence-electron chi connectivity index (χ0n) is 22.1. The molecule has 14 heteroatoms. The zero-order chi connectivity index (χ0) is 29.1. The van der Waals surface area contributed by atoms with Gasteiger partial charge in [-0.3, -0.25) is 19.9 Å². The van der Waals surface area contributed by atoms with Crippen molar-refractivity contribution < 1.29 is 37.4 Å². The zero-order valence-corrected chi connectivity index (χ0v) is 22.9. The minimum atomic E-state index is -1.04. The van der Waals surface area contributed by atoms with Crippen molar-refractivity contribution in [3.05, 3.63) is 59.7 Å². The molecule has 214 valence electrons. The minimum Gasteiger partial charge on any atom is -0.497 e. The first kappa shape index (κ1) is 30.4. The average molecular weight is 578 g/mol. The van der Waals surface area contributed by atoms with E-state index in [0.29, 0.717) is 17.2 Å². The highest BCUT2D eigenvalue weighted by Gasteiger charge is 2.24. The molecule has 1 heterocycles. The highest BCUT2D eigenvalue weighted by molar-refractivity contribution is 7.18. The van der Waals surface area contributed by atoms with Gasteiger partial charge in [0, 0.05) is 31.0 Å². The van der Waals surface area contributed by atoms with E-state index >= 15 is 0 Å². The first-order valence-electron chi connectivity index (χ1n) is 12.2. The summed E-state index contributed by atoms with van der Waals surface area (Å²) in [6.07, 6.45) is -0.220. The number of amides is 2. The highest BCUT2D eigenvalue weighted by Crippen LogP contribution is 2.28. The van der Waals surface area contributed by atoms with Crippen LogP contribution in [0.15, 0.2) is 42.5 Å². The molecule has 11 nitrogen and oxygen atoms in total. The fourth-order valence-corrected chi connectivity index (χ4v) is 4.38. The summed E-state index contributed by atoms with van der Waals surface area (Å²) in [6.45, 7) is 0.793. The number of nitrogens with zero attached hydrogens (tertiary/aromatic N) is 3. The molecule has 0 fully saturated rings. The molecule has 1 atom stereocenters. The van der Waals surface area contributed by atoms with E-state index in [1.807, 2.05) is 0 Å². The second-order valence-electron chi connectivity index (χ2n) is 8.42. The predicted octanol–water partition coefficient (Wildman–Crippen LogP) is 4.31. The molecule has 0 saturated heterocycles. The van der Waals surface area contributed by atoms with Crippen LogP contribution in [-0.4, -0.2) is 60.0 Å². The second-order valence-corrected chi connectivity index (χ2v) is 9.40. The van der Waals surface area contributed by atoms with Gasteiger partial charge >= 0.3 is 12.1 Å². The van der Waals surface area contributed by atoms with Crippen LogP contribution in [0.1, 0.15) is 31.7 Å². The maximum absolute atomic E-state index is 14.1. The van der Waals surface area contributed by atoms with Gasteiger partial charge in [-0.05, 0) is 43.2 Å². The van der Waals surface area contributed by atoms with E-state index < -0.39 is 35.6 Å². The third-order valence-electron chi connectivity index (χ3n) is 5.70. The van der Waals surface area contributed by atoms with Crippen molar-refractivity contribution in [2.45, 2.75) is 38.8 Å². The van der Waals surface area contributed by atoms with Gasteiger partial charge in [-0.1, -0.05) is 23.5 Å². The number of hydrogen-bond acceptors (Lipinski definition) is 10. The number of halogens is 2. The van der Waals surface area contributed by atoms with Crippen LogP contribution in [0.4, 0.5) is 18.7 Å². The molecule has 0 saturated carbocycles. The lowest BCUT2D eigenvalue weighted by Crippen LogP contribution is -2.50. The molecule has 0 aliphatic heterocycles. The molecule has 3 aromatic rings. The molecule has 40 heavy (non-hydrogen) atoms. The van der Waals surface area contributed by atoms with Crippen LogP contribution >= 0.6 is 11.3 Å². The summed E-state index contributed by atoms with van der Waals surface area (Å²) in [5, 5.41) is 12.5. The van der Waals surface area contributed by atoms with Gasteiger partial charge in [-0.25, -0.2) is 19.0 Å². The lowest BCUT2D eigenvalue weighted by molar-refractivity contribution is -0.140. The van der Waals surface area contributed by atoms with Gasteiger partial charge in [0.05, 0.1) is 20.3 Å². The van der Waals surface area contributed by atoms with Gasteiger partial charge in [0.2, 0.25) is 11.0 Å². The third-order valence-corrected chi connectivity index (χ3v) is 6.59. The molecule has 0 unspecified atom stereocenters. The van der Waals surface area contributed by atoms with Crippen LogP contribution in [0, 0.1) is 11.6 Å². The fraction of sp³-hybridized carbons (Fsp3) is 0.346. The quantitative estimate of drug-likeness (QED) is 0.225. The van der Waals surface area contributed by atoms with Gasteiger partial charge in [0.1, 0.15) is 17.4 Å². The smallest absolute Gasteiger partial charge is 0.413 e. The molecule has 0 spiro atoms. The van der Waals surface area contributed by atoms with E-state index in [1.54, 1.807) is 31.4 Å². The number of hydrazine groups is 1. The van der Waals surface area contributed by atoms with E-state index in [9.17, 15) is 23.2 Å². The number of rotatable bonds is 13. The van der Waals surface area contributed by atoms with Gasteiger partial charge in [0.15, 0.2) is 11.6 Å². The average Bonchev–Trinajstić information content (AvgIpc) is 3.41. The van der Waals surface area contributed by atoms with Gasteiger partial charge in [-0.15, -0.1) is 10.2 Å². The van der Waals surface area contributed by atoms with Crippen molar-refractivity contribution in [3.8, 4) is 16.3 Å². The summed E-state index contributed by atoms with van der Waals surface area (Å²) in [5.74, 6) is -2.27. The number of aromatic nitrogens is 2. The van der Waals surface area contributed by atoms with Crippen LogP contribution in [0.25, 0.3) is 10.6 Å². The van der Waals surface area contributed by atoms with E-state index in [4.69, 9.17) is 9.47 Å². The Morgan fingerprint density at radius 2 is 1.82 bits per heavy atom. The van der Waals surface area contributed by atoms with Crippen molar-refractivity contribution in [2.75, 3.05) is 26.1 Å².